The summed E-state index contributed by atoms with van der Waals surface area (Å²) in [6.07, 6.45) is -0.0465. The fourth-order valence-electron chi connectivity index (χ4n) is 1.47. The third-order valence-electron chi connectivity index (χ3n) is 2.28. The first kappa shape index (κ1) is 12.3. The molecule has 0 unspecified atom stereocenters. The summed E-state index contributed by atoms with van der Waals surface area (Å²) in [5.74, 6) is 0. The van der Waals surface area contributed by atoms with Crippen molar-refractivity contribution in [1.82, 2.24) is 4.90 Å². The van der Waals surface area contributed by atoms with E-state index >= 15 is 0 Å². The molecular weight excluding hydrogens is 198 g/mol. The van der Waals surface area contributed by atoms with Gasteiger partial charge in [0, 0.05) is 6.54 Å². The number of likely N-dealkylation sites (tertiary alicyclic amines) is 1. The molecule has 5 heteroatoms. The van der Waals surface area contributed by atoms with Crippen LogP contribution in [0.15, 0.2) is 0 Å². The normalized spacial score (nSPS) is 26.9. The minimum atomic E-state index is -1.16. The number of carbonyl (C=O) groups excluding carboxylic acids is 1. The Morgan fingerprint density at radius 3 is 2.53 bits per heavy atom. The molecule has 1 heterocycles. The van der Waals surface area contributed by atoms with E-state index in [2.05, 4.69) is 0 Å². The van der Waals surface area contributed by atoms with Crippen molar-refractivity contribution in [3.05, 3.63) is 0 Å². The number of amides is 1. The number of aliphatic hydroxyl groups is 2. The highest BCUT2D eigenvalue weighted by Gasteiger charge is 2.39. The average molecular weight is 217 g/mol. The zero-order valence-corrected chi connectivity index (χ0v) is 9.49. The predicted molar refractivity (Wildman–Crippen MR) is 54.5 cm³/mol. The highest BCUT2D eigenvalue weighted by Crippen LogP contribution is 2.22. The summed E-state index contributed by atoms with van der Waals surface area (Å²) in [5, 5.41) is 18.6. The third-order valence-corrected chi connectivity index (χ3v) is 2.28. The number of carbonyl (C=O) groups is 1. The van der Waals surface area contributed by atoms with Crippen molar-refractivity contribution in [3.8, 4) is 0 Å². The standard InChI is InChI=1S/C10H19NO4/c1-9(2,3)15-8(13)11-5-4-10(14,6-11)7-12/h12,14H,4-7H2,1-3H3/t10-/m1/s1. The molecule has 0 aromatic heterocycles. The van der Waals surface area contributed by atoms with Gasteiger partial charge in [-0.25, -0.2) is 4.79 Å². The van der Waals surface area contributed by atoms with Crippen LogP contribution in [-0.2, 0) is 4.74 Å². The van der Waals surface area contributed by atoms with E-state index in [4.69, 9.17) is 9.84 Å². The fraction of sp³-hybridized carbons (Fsp3) is 0.900. The molecule has 0 aromatic carbocycles. The molecule has 1 rings (SSSR count). The lowest BCUT2D eigenvalue weighted by atomic mass is 10.1. The molecule has 1 amide bonds. The second-order valence-electron chi connectivity index (χ2n) is 5.03. The molecule has 0 saturated carbocycles. The van der Waals surface area contributed by atoms with Gasteiger partial charge in [0.2, 0.25) is 0 Å². The molecule has 0 radical (unpaired) electrons. The van der Waals surface area contributed by atoms with Gasteiger partial charge in [-0.05, 0) is 27.2 Å². The summed E-state index contributed by atoms with van der Waals surface area (Å²) in [4.78, 5) is 13.0. The molecule has 0 bridgehead atoms. The second kappa shape index (κ2) is 3.98. The molecular formula is C10H19NO4. The first-order valence-corrected chi connectivity index (χ1v) is 5.07. The number of aliphatic hydroxyl groups excluding tert-OH is 1. The predicted octanol–water partition coefficient (Wildman–Crippen LogP) is 0.351. The Kier molecular flexibility index (Phi) is 3.25. The van der Waals surface area contributed by atoms with Gasteiger partial charge >= 0.3 is 6.09 Å². The van der Waals surface area contributed by atoms with Crippen LogP contribution < -0.4 is 0 Å². The molecule has 1 aliphatic heterocycles. The molecule has 88 valence electrons. The Hall–Kier alpha value is -0.810. The summed E-state index contributed by atoms with van der Waals surface area (Å²) in [5.41, 5.74) is -1.69. The van der Waals surface area contributed by atoms with Crippen LogP contribution in [0.3, 0.4) is 0 Å². The fourth-order valence-corrected chi connectivity index (χ4v) is 1.47. The lowest BCUT2D eigenvalue weighted by molar-refractivity contribution is -0.0123. The average Bonchev–Trinajstić information content (AvgIpc) is 2.46. The van der Waals surface area contributed by atoms with Gasteiger partial charge in [-0.15, -0.1) is 0 Å². The second-order valence-corrected chi connectivity index (χ2v) is 5.03. The molecule has 0 aromatic rings. The molecule has 1 fully saturated rings. The number of hydrogen-bond acceptors (Lipinski definition) is 4. The summed E-state index contributed by atoms with van der Waals surface area (Å²) >= 11 is 0. The molecule has 0 spiro atoms. The van der Waals surface area contributed by atoms with E-state index in [1.54, 1.807) is 20.8 Å². The smallest absolute Gasteiger partial charge is 0.410 e. The molecule has 1 saturated heterocycles. The van der Waals surface area contributed by atoms with Gasteiger partial charge in [-0.3, -0.25) is 0 Å². The van der Waals surface area contributed by atoms with Gasteiger partial charge in [-0.2, -0.15) is 0 Å². The van der Waals surface area contributed by atoms with Crippen molar-refractivity contribution in [2.24, 2.45) is 0 Å². The zero-order valence-electron chi connectivity index (χ0n) is 9.49. The van der Waals surface area contributed by atoms with Crippen LogP contribution in [0.1, 0.15) is 27.2 Å². The van der Waals surface area contributed by atoms with Crippen LogP contribution in [0.5, 0.6) is 0 Å². The summed E-state index contributed by atoms with van der Waals surface area (Å²) in [6.45, 7) is 5.61. The van der Waals surface area contributed by atoms with E-state index in [9.17, 15) is 9.90 Å². The monoisotopic (exact) mass is 217 g/mol. The quantitative estimate of drug-likeness (QED) is 0.665. The number of ether oxygens (including phenoxy) is 1. The van der Waals surface area contributed by atoms with Gasteiger partial charge in [0.1, 0.15) is 11.2 Å². The minimum absolute atomic E-state index is 0.137. The Morgan fingerprint density at radius 1 is 1.53 bits per heavy atom. The molecule has 1 atom stereocenters. The van der Waals surface area contributed by atoms with Crippen LogP contribution in [0.4, 0.5) is 4.79 Å². The molecule has 15 heavy (non-hydrogen) atoms. The molecule has 0 aliphatic carbocycles. The number of β-amino-alcohol motifs (C(OH)–C–C–N with tert-alkyl or cyclic N) is 1. The molecule has 1 aliphatic rings. The molecule has 5 nitrogen and oxygen atoms in total. The Labute approximate surface area is 89.6 Å². The highest BCUT2D eigenvalue weighted by molar-refractivity contribution is 5.68. The van der Waals surface area contributed by atoms with Crippen LogP contribution >= 0.6 is 0 Å². The van der Waals surface area contributed by atoms with Crippen LogP contribution in [-0.4, -0.2) is 52.1 Å². The van der Waals surface area contributed by atoms with E-state index < -0.39 is 17.3 Å². The number of hydrogen-bond donors (Lipinski definition) is 2. The van der Waals surface area contributed by atoms with E-state index in [-0.39, 0.29) is 13.2 Å². The van der Waals surface area contributed by atoms with Crippen molar-refractivity contribution in [3.63, 3.8) is 0 Å². The lowest BCUT2D eigenvalue weighted by Gasteiger charge is -2.25. The van der Waals surface area contributed by atoms with Gasteiger partial charge in [-0.1, -0.05) is 0 Å². The zero-order chi connectivity index (χ0) is 11.7. The summed E-state index contributed by atoms with van der Waals surface area (Å²) < 4.78 is 5.15. The van der Waals surface area contributed by atoms with Gasteiger partial charge in [0.15, 0.2) is 0 Å². The van der Waals surface area contributed by atoms with Gasteiger partial charge in [0.05, 0.1) is 13.2 Å². The lowest BCUT2D eigenvalue weighted by Crippen LogP contribution is -2.40. The van der Waals surface area contributed by atoms with Gasteiger partial charge < -0.3 is 19.8 Å². The topological polar surface area (TPSA) is 70.0 Å². The van der Waals surface area contributed by atoms with Crippen molar-refractivity contribution < 1.29 is 19.7 Å². The van der Waals surface area contributed by atoms with E-state index in [0.717, 1.165) is 0 Å². The maximum atomic E-state index is 11.6. The highest BCUT2D eigenvalue weighted by atomic mass is 16.6. The van der Waals surface area contributed by atoms with Crippen molar-refractivity contribution in [2.75, 3.05) is 19.7 Å². The van der Waals surface area contributed by atoms with Crippen molar-refractivity contribution >= 4 is 6.09 Å². The largest absolute Gasteiger partial charge is 0.444 e. The van der Waals surface area contributed by atoms with Crippen LogP contribution in [0, 0.1) is 0 Å². The van der Waals surface area contributed by atoms with E-state index in [0.29, 0.717) is 13.0 Å². The maximum absolute atomic E-state index is 11.6. The van der Waals surface area contributed by atoms with Gasteiger partial charge in [0.25, 0.3) is 0 Å². The summed E-state index contributed by atoms with van der Waals surface area (Å²) in [7, 11) is 0. The SMILES string of the molecule is CC(C)(C)OC(=O)N1CC[C@](O)(CO)C1. The van der Waals surface area contributed by atoms with E-state index in [1.165, 1.54) is 4.90 Å². The van der Waals surface area contributed by atoms with Crippen LogP contribution in [0.25, 0.3) is 0 Å². The first-order chi connectivity index (χ1) is 6.76. The Morgan fingerprint density at radius 2 is 2.13 bits per heavy atom. The minimum Gasteiger partial charge on any atom is -0.444 e. The Balaban J connectivity index is 2.51. The number of nitrogens with zero attached hydrogens (tertiary/aromatic N) is 1. The summed E-state index contributed by atoms with van der Waals surface area (Å²) in [6, 6.07) is 0. The molecule has 2 N–H and O–H groups in total. The van der Waals surface area contributed by atoms with Crippen LogP contribution in [0.2, 0.25) is 0 Å². The Bertz CT molecular complexity index is 248. The van der Waals surface area contributed by atoms with Crippen molar-refractivity contribution in [2.45, 2.75) is 38.4 Å². The third kappa shape index (κ3) is 3.35. The van der Waals surface area contributed by atoms with Crippen molar-refractivity contribution in [1.29, 1.82) is 0 Å². The maximum Gasteiger partial charge on any atom is 0.410 e. The number of rotatable bonds is 1. The van der Waals surface area contributed by atoms with E-state index in [1.807, 2.05) is 0 Å². The first-order valence-electron chi connectivity index (χ1n) is 5.07.